The molecule has 0 saturated carbocycles. The third-order valence-corrected chi connectivity index (χ3v) is 4.80. The molecule has 5 nitrogen and oxygen atoms in total. The van der Waals surface area contributed by atoms with E-state index >= 15 is 0 Å². The summed E-state index contributed by atoms with van der Waals surface area (Å²) in [6.45, 7) is 3.75. The van der Waals surface area contributed by atoms with Crippen molar-refractivity contribution >= 4 is 27.3 Å². The lowest BCUT2D eigenvalue weighted by Gasteiger charge is -2.22. The van der Waals surface area contributed by atoms with Crippen molar-refractivity contribution in [1.29, 1.82) is 0 Å². The SMILES string of the molecule is CC(C)c1ccc(NC(=O)CN(c2ccc(F)cc2)S(C)(=O)=O)cc1. The summed E-state index contributed by atoms with van der Waals surface area (Å²) < 4.78 is 37.9. The first-order valence-electron chi connectivity index (χ1n) is 7.80. The quantitative estimate of drug-likeness (QED) is 0.855. The fourth-order valence-corrected chi connectivity index (χ4v) is 3.15. The van der Waals surface area contributed by atoms with Crippen LogP contribution in [0.15, 0.2) is 48.5 Å². The first-order valence-corrected chi connectivity index (χ1v) is 9.65. The lowest BCUT2D eigenvalue weighted by molar-refractivity contribution is -0.114. The lowest BCUT2D eigenvalue weighted by Crippen LogP contribution is -2.37. The number of halogens is 1. The minimum atomic E-state index is -3.69. The molecular formula is C18H21FN2O3S. The molecule has 25 heavy (non-hydrogen) atoms. The van der Waals surface area contributed by atoms with Crippen LogP contribution in [0.25, 0.3) is 0 Å². The number of anilines is 2. The van der Waals surface area contributed by atoms with Gasteiger partial charge in [-0.2, -0.15) is 0 Å². The number of sulfonamides is 1. The highest BCUT2D eigenvalue weighted by Crippen LogP contribution is 2.19. The van der Waals surface area contributed by atoms with Gasteiger partial charge in [0, 0.05) is 5.69 Å². The summed E-state index contributed by atoms with van der Waals surface area (Å²) in [5.74, 6) is -0.581. The molecule has 2 aromatic rings. The predicted octanol–water partition coefficient (Wildman–Crippen LogP) is 3.35. The second kappa shape index (κ2) is 7.65. The highest BCUT2D eigenvalue weighted by molar-refractivity contribution is 7.92. The second-order valence-corrected chi connectivity index (χ2v) is 7.98. The molecule has 7 heteroatoms. The maximum atomic E-state index is 13.0. The van der Waals surface area contributed by atoms with Gasteiger partial charge in [-0.1, -0.05) is 26.0 Å². The molecule has 0 saturated heterocycles. The van der Waals surface area contributed by atoms with Crippen LogP contribution in [0.4, 0.5) is 15.8 Å². The molecule has 0 aliphatic carbocycles. The largest absolute Gasteiger partial charge is 0.325 e. The molecule has 1 N–H and O–H groups in total. The van der Waals surface area contributed by atoms with Crippen molar-refractivity contribution in [3.63, 3.8) is 0 Å². The topological polar surface area (TPSA) is 66.5 Å². The van der Waals surface area contributed by atoms with E-state index < -0.39 is 28.3 Å². The minimum absolute atomic E-state index is 0.231. The molecule has 0 atom stereocenters. The Labute approximate surface area is 147 Å². The van der Waals surface area contributed by atoms with Gasteiger partial charge < -0.3 is 5.32 Å². The van der Waals surface area contributed by atoms with Gasteiger partial charge in [0.25, 0.3) is 0 Å². The molecule has 134 valence electrons. The average molecular weight is 364 g/mol. The van der Waals surface area contributed by atoms with E-state index in [-0.39, 0.29) is 5.69 Å². The van der Waals surface area contributed by atoms with Crippen LogP contribution >= 0.6 is 0 Å². The van der Waals surface area contributed by atoms with Crippen LogP contribution in [0.1, 0.15) is 25.3 Å². The van der Waals surface area contributed by atoms with Crippen LogP contribution in [0.2, 0.25) is 0 Å². The molecule has 0 aliphatic heterocycles. The molecule has 0 spiro atoms. The summed E-state index contributed by atoms with van der Waals surface area (Å²) in [5.41, 5.74) is 1.96. The normalized spacial score (nSPS) is 11.4. The molecule has 0 fully saturated rings. The number of amides is 1. The zero-order valence-electron chi connectivity index (χ0n) is 14.4. The number of hydrogen-bond donors (Lipinski definition) is 1. The van der Waals surface area contributed by atoms with Crippen molar-refractivity contribution in [2.45, 2.75) is 19.8 Å². The van der Waals surface area contributed by atoms with Crippen molar-refractivity contribution < 1.29 is 17.6 Å². The zero-order valence-corrected chi connectivity index (χ0v) is 15.2. The summed E-state index contributed by atoms with van der Waals surface area (Å²) in [6, 6.07) is 12.3. The van der Waals surface area contributed by atoms with E-state index in [2.05, 4.69) is 19.2 Å². The number of benzene rings is 2. The van der Waals surface area contributed by atoms with Gasteiger partial charge in [0.05, 0.1) is 11.9 Å². The summed E-state index contributed by atoms with van der Waals surface area (Å²) in [4.78, 5) is 12.2. The molecule has 0 bridgehead atoms. The van der Waals surface area contributed by atoms with Gasteiger partial charge >= 0.3 is 0 Å². The number of hydrogen-bond acceptors (Lipinski definition) is 3. The number of nitrogens with one attached hydrogen (secondary N) is 1. The Hall–Kier alpha value is -2.41. The van der Waals surface area contributed by atoms with E-state index in [0.717, 1.165) is 28.3 Å². The van der Waals surface area contributed by atoms with E-state index in [9.17, 15) is 17.6 Å². The van der Waals surface area contributed by atoms with Gasteiger partial charge in [0.1, 0.15) is 12.4 Å². The van der Waals surface area contributed by atoms with Crippen molar-refractivity contribution in [3.8, 4) is 0 Å². The molecule has 0 unspecified atom stereocenters. The number of nitrogens with zero attached hydrogens (tertiary/aromatic N) is 1. The average Bonchev–Trinajstić information content (AvgIpc) is 2.53. The zero-order chi connectivity index (χ0) is 18.6. The fraction of sp³-hybridized carbons (Fsp3) is 0.278. The van der Waals surface area contributed by atoms with E-state index in [1.54, 1.807) is 12.1 Å². The number of rotatable bonds is 6. The van der Waals surface area contributed by atoms with Crippen LogP contribution in [-0.4, -0.2) is 27.1 Å². The molecule has 0 aromatic heterocycles. The monoisotopic (exact) mass is 364 g/mol. The maximum Gasteiger partial charge on any atom is 0.245 e. The Morgan fingerprint density at radius 1 is 1.08 bits per heavy atom. The smallest absolute Gasteiger partial charge is 0.245 e. The molecule has 2 aromatic carbocycles. The standard InChI is InChI=1S/C18H21FN2O3S/c1-13(2)14-4-8-16(9-5-14)20-18(22)12-21(25(3,23)24)17-10-6-15(19)7-11-17/h4-11,13H,12H2,1-3H3,(H,20,22). The van der Waals surface area contributed by atoms with Crippen LogP contribution in [0, 0.1) is 5.82 Å². The molecule has 0 aliphatic rings. The van der Waals surface area contributed by atoms with Gasteiger partial charge in [0.2, 0.25) is 15.9 Å². The third kappa shape index (κ3) is 5.29. The van der Waals surface area contributed by atoms with Gasteiger partial charge in [-0.25, -0.2) is 12.8 Å². The van der Waals surface area contributed by atoms with Gasteiger partial charge in [-0.3, -0.25) is 9.10 Å². The molecule has 0 radical (unpaired) electrons. The number of carbonyl (C=O) groups is 1. The summed E-state index contributed by atoms with van der Waals surface area (Å²) in [6.07, 6.45) is 1.00. The van der Waals surface area contributed by atoms with Crippen LogP contribution in [0.3, 0.4) is 0 Å². The van der Waals surface area contributed by atoms with Gasteiger partial charge in [-0.15, -0.1) is 0 Å². The summed E-state index contributed by atoms with van der Waals surface area (Å²) in [5, 5.41) is 2.67. The summed E-state index contributed by atoms with van der Waals surface area (Å²) >= 11 is 0. The van der Waals surface area contributed by atoms with Gasteiger partial charge in [-0.05, 0) is 47.9 Å². The third-order valence-electron chi connectivity index (χ3n) is 3.66. The van der Waals surface area contributed by atoms with Crippen LogP contribution in [-0.2, 0) is 14.8 Å². The molecule has 2 rings (SSSR count). The van der Waals surface area contributed by atoms with Crippen molar-refractivity contribution in [2.24, 2.45) is 0 Å². The van der Waals surface area contributed by atoms with E-state index in [1.165, 1.54) is 12.1 Å². The highest BCUT2D eigenvalue weighted by atomic mass is 32.2. The van der Waals surface area contributed by atoms with Crippen LogP contribution < -0.4 is 9.62 Å². The maximum absolute atomic E-state index is 13.0. The minimum Gasteiger partial charge on any atom is -0.325 e. The second-order valence-electron chi connectivity index (χ2n) is 6.07. The van der Waals surface area contributed by atoms with E-state index in [4.69, 9.17) is 0 Å². The summed E-state index contributed by atoms with van der Waals surface area (Å²) in [7, 11) is -3.69. The highest BCUT2D eigenvalue weighted by Gasteiger charge is 2.21. The van der Waals surface area contributed by atoms with Gasteiger partial charge in [0.15, 0.2) is 0 Å². The Kier molecular flexibility index (Phi) is 5.79. The Balaban J connectivity index is 2.13. The van der Waals surface area contributed by atoms with E-state index in [0.29, 0.717) is 11.6 Å². The van der Waals surface area contributed by atoms with Crippen molar-refractivity contribution in [3.05, 3.63) is 59.9 Å². The Morgan fingerprint density at radius 3 is 2.12 bits per heavy atom. The molecular weight excluding hydrogens is 343 g/mol. The van der Waals surface area contributed by atoms with E-state index in [1.807, 2.05) is 12.1 Å². The first-order chi connectivity index (χ1) is 11.7. The lowest BCUT2D eigenvalue weighted by atomic mass is 10.0. The first kappa shape index (κ1) is 18.9. The predicted molar refractivity (Wildman–Crippen MR) is 97.8 cm³/mol. The number of carbonyl (C=O) groups excluding carboxylic acids is 1. The molecule has 0 heterocycles. The van der Waals surface area contributed by atoms with Crippen molar-refractivity contribution in [2.75, 3.05) is 22.4 Å². The van der Waals surface area contributed by atoms with Crippen molar-refractivity contribution in [1.82, 2.24) is 0 Å². The Morgan fingerprint density at radius 2 is 1.64 bits per heavy atom. The fourth-order valence-electron chi connectivity index (χ4n) is 2.29. The Bertz CT molecular complexity index is 832. The van der Waals surface area contributed by atoms with Crippen LogP contribution in [0.5, 0.6) is 0 Å². The molecule has 1 amide bonds.